The maximum absolute atomic E-state index is 13.1. The number of hydrogen-bond acceptors (Lipinski definition) is 1. The van der Waals surface area contributed by atoms with Crippen molar-refractivity contribution in [3.8, 4) is 0 Å². The van der Waals surface area contributed by atoms with E-state index < -0.39 is 5.82 Å². The van der Waals surface area contributed by atoms with Gasteiger partial charge in [-0.3, -0.25) is 4.79 Å². The van der Waals surface area contributed by atoms with E-state index in [1.807, 2.05) is 26.0 Å². The first-order valence-electron chi connectivity index (χ1n) is 5.56. The van der Waals surface area contributed by atoms with Crippen molar-refractivity contribution in [2.45, 2.75) is 13.8 Å². The summed E-state index contributed by atoms with van der Waals surface area (Å²) in [5.41, 5.74) is 3.01. The second-order valence-electron chi connectivity index (χ2n) is 4.28. The van der Waals surface area contributed by atoms with Gasteiger partial charge >= 0.3 is 0 Å². The average Bonchev–Trinajstić information content (AvgIpc) is 2.32. The third-order valence-electron chi connectivity index (χ3n) is 2.81. The second kappa shape index (κ2) is 4.91. The van der Waals surface area contributed by atoms with Gasteiger partial charge in [0.1, 0.15) is 5.82 Å². The fourth-order valence-electron chi connectivity index (χ4n) is 1.86. The van der Waals surface area contributed by atoms with E-state index in [4.69, 9.17) is 11.6 Å². The summed E-state index contributed by atoms with van der Waals surface area (Å²) in [6, 6.07) is 9.62. The Bertz CT molecular complexity index is 620. The van der Waals surface area contributed by atoms with Gasteiger partial charge in [-0.05, 0) is 37.6 Å². The Morgan fingerprint density at radius 2 is 1.83 bits per heavy atom. The molecule has 0 N–H and O–H groups in total. The molecule has 0 saturated heterocycles. The monoisotopic (exact) mass is 262 g/mol. The Labute approximate surface area is 110 Å². The summed E-state index contributed by atoms with van der Waals surface area (Å²) in [5, 5.41) is -0.0365. The largest absolute Gasteiger partial charge is 0.289 e. The first kappa shape index (κ1) is 12.8. The summed E-state index contributed by atoms with van der Waals surface area (Å²) >= 11 is 5.68. The molecule has 0 saturated carbocycles. The molecular formula is C15H12ClFO. The van der Waals surface area contributed by atoms with Gasteiger partial charge in [-0.2, -0.15) is 0 Å². The van der Waals surface area contributed by atoms with Gasteiger partial charge in [-0.1, -0.05) is 35.4 Å². The molecule has 0 unspecified atom stereocenters. The van der Waals surface area contributed by atoms with E-state index in [-0.39, 0.29) is 10.8 Å². The van der Waals surface area contributed by atoms with Crippen molar-refractivity contribution in [2.75, 3.05) is 0 Å². The Morgan fingerprint density at radius 1 is 1.11 bits per heavy atom. The van der Waals surface area contributed by atoms with E-state index in [0.29, 0.717) is 11.1 Å². The van der Waals surface area contributed by atoms with E-state index in [2.05, 4.69) is 0 Å². The fraction of sp³-hybridized carbons (Fsp3) is 0.133. The summed E-state index contributed by atoms with van der Waals surface area (Å²) in [4.78, 5) is 12.3. The Hall–Kier alpha value is -1.67. The topological polar surface area (TPSA) is 17.1 Å². The SMILES string of the molecule is Cc1ccc(C(=O)c2ccc(F)c(Cl)c2)c(C)c1. The molecular weight excluding hydrogens is 251 g/mol. The van der Waals surface area contributed by atoms with Crippen molar-refractivity contribution in [2.24, 2.45) is 0 Å². The normalized spacial score (nSPS) is 10.4. The average molecular weight is 263 g/mol. The molecule has 2 rings (SSSR count). The van der Waals surface area contributed by atoms with Gasteiger partial charge in [0, 0.05) is 11.1 Å². The van der Waals surface area contributed by atoms with E-state index in [0.717, 1.165) is 11.1 Å². The van der Waals surface area contributed by atoms with Crippen LogP contribution in [0.2, 0.25) is 5.02 Å². The highest BCUT2D eigenvalue weighted by atomic mass is 35.5. The molecule has 0 heterocycles. The molecule has 0 aliphatic rings. The maximum atomic E-state index is 13.1. The van der Waals surface area contributed by atoms with Crippen LogP contribution < -0.4 is 0 Å². The highest BCUT2D eigenvalue weighted by Crippen LogP contribution is 2.20. The third-order valence-corrected chi connectivity index (χ3v) is 3.10. The molecule has 3 heteroatoms. The van der Waals surface area contributed by atoms with Crippen LogP contribution in [0.15, 0.2) is 36.4 Å². The summed E-state index contributed by atoms with van der Waals surface area (Å²) in [6.45, 7) is 3.85. The maximum Gasteiger partial charge on any atom is 0.193 e. The van der Waals surface area contributed by atoms with Crippen LogP contribution in [-0.2, 0) is 0 Å². The predicted octanol–water partition coefficient (Wildman–Crippen LogP) is 4.33. The number of aryl methyl sites for hydroxylation is 2. The van der Waals surface area contributed by atoms with Gasteiger partial charge in [-0.25, -0.2) is 4.39 Å². The Morgan fingerprint density at radius 3 is 2.44 bits per heavy atom. The zero-order chi connectivity index (χ0) is 13.3. The van der Waals surface area contributed by atoms with Crippen LogP contribution in [0.5, 0.6) is 0 Å². The van der Waals surface area contributed by atoms with Crippen molar-refractivity contribution >= 4 is 17.4 Å². The highest BCUT2D eigenvalue weighted by Gasteiger charge is 2.13. The van der Waals surface area contributed by atoms with E-state index in [9.17, 15) is 9.18 Å². The fourth-order valence-corrected chi connectivity index (χ4v) is 2.04. The summed E-state index contributed by atoms with van der Waals surface area (Å²) in [5.74, 6) is -0.664. The van der Waals surface area contributed by atoms with Crippen LogP contribution in [0.25, 0.3) is 0 Å². The molecule has 92 valence electrons. The van der Waals surface area contributed by atoms with Crippen molar-refractivity contribution in [3.05, 3.63) is 69.5 Å². The van der Waals surface area contributed by atoms with E-state index >= 15 is 0 Å². The molecule has 2 aromatic carbocycles. The van der Waals surface area contributed by atoms with Crippen molar-refractivity contribution in [3.63, 3.8) is 0 Å². The smallest absolute Gasteiger partial charge is 0.193 e. The van der Waals surface area contributed by atoms with Crippen LogP contribution in [0, 0.1) is 19.7 Å². The van der Waals surface area contributed by atoms with Crippen LogP contribution in [0.3, 0.4) is 0 Å². The van der Waals surface area contributed by atoms with Gasteiger partial charge < -0.3 is 0 Å². The minimum atomic E-state index is -0.520. The predicted molar refractivity (Wildman–Crippen MR) is 70.8 cm³/mol. The van der Waals surface area contributed by atoms with Crippen molar-refractivity contribution < 1.29 is 9.18 Å². The number of carbonyl (C=O) groups is 1. The van der Waals surface area contributed by atoms with Crippen LogP contribution >= 0.6 is 11.6 Å². The number of hydrogen-bond donors (Lipinski definition) is 0. The zero-order valence-electron chi connectivity index (χ0n) is 10.1. The van der Waals surface area contributed by atoms with Gasteiger partial charge in [0.25, 0.3) is 0 Å². The molecule has 0 spiro atoms. The first-order valence-corrected chi connectivity index (χ1v) is 5.94. The molecule has 0 atom stereocenters. The lowest BCUT2D eigenvalue weighted by atomic mass is 9.98. The molecule has 0 amide bonds. The molecule has 0 radical (unpaired) electrons. The molecule has 0 aromatic heterocycles. The highest BCUT2D eigenvalue weighted by molar-refractivity contribution is 6.31. The molecule has 0 aliphatic carbocycles. The third kappa shape index (κ3) is 2.44. The van der Waals surface area contributed by atoms with Gasteiger partial charge in [0.05, 0.1) is 5.02 Å². The van der Waals surface area contributed by atoms with Crippen LogP contribution in [0.4, 0.5) is 4.39 Å². The molecule has 2 aromatic rings. The minimum absolute atomic E-state index is 0.0365. The number of halogens is 2. The van der Waals surface area contributed by atoms with Gasteiger partial charge in [-0.15, -0.1) is 0 Å². The standard InChI is InChI=1S/C15H12ClFO/c1-9-3-5-12(10(2)7-9)15(18)11-4-6-14(17)13(16)8-11/h3-8H,1-2H3. The lowest BCUT2D eigenvalue weighted by Gasteiger charge is -2.06. The molecule has 0 aliphatic heterocycles. The Balaban J connectivity index is 2.44. The van der Waals surface area contributed by atoms with E-state index in [1.165, 1.54) is 18.2 Å². The van der Waals surface area contributed by atoms with Crippen molar-refractivity contribution in [1.82, 2.24) is 0 Å². The summed E-state index contributed by atoms with van der Waals surface area (Å²) in [7, 11) is 0. The lowest BCUT2D eigenvalue weighted by molar-refractivity contribution is 0.103. The van der Waals surface area contributed by atoms with Crippen molar-refractivity contribution in [1.29, 1.82) is 0 Å². The van der Waals surface area contributed by atoms with Crippen LogP contribution in [-0.4, -0.2) is 5.78 Å². The molecule has 0 fully saturated rings. The number of ketones is 1. The van der Waals surface area contributed by atoms with Crippen LogP contribution in [0.1, 0.15) is 27.0 Å². The summed E-state index contributed by atoms with van der Waals surface area (Å²) in [6.07, 6.45) is 0. The summed E-state index contributed by atoms with van der Waals surface area (Å²) < 4.78 is 13.1. The van der Waals surface area contributed by atoms with E-state index in [1.54, 1.807) is 6.07 Å². The molecule has 0 bridgehead atoms. The number of carbonyl (C=O) groups excluding carboxylic acids is 1. The molecule has 1 nitrogen and oxygen atoms in total. The number of benzene rings is 2. The molecule has 18 heavy (non-hydrogen) atoms. The number of rotatable bonds is 2. The second-order valence-corrected chi connectivity index (χ2v) is 4.68. The minimum Gasteiger partial charge on any atom is -0.289 e. The van der Waals surface area contributed by atoms with Gasteiger partial charge in [0.2, 0.25) is 0 Å². The zero-order valence-corrected chi connectivity index (χ0v) is 10.9. The Kier molecular flexibility index (Phi) is 3.48. The first-order chi connectivity index (χ1) is 8.49. The quantitative estimate of drug-likeness (QED) is 0.737. The lowest BCUT2D eigenvalue weighted by Crippen LogP contribution is -2.04. The van der Waals surface area contributed by atoms with Gasteiger partial charge in [0.15, 0.2) is 5.78 Å².